The van der Waals surface area contributed by atoms with Crippen LogP contribution in [0, 0.1) is 0 Å². The van der Waals surface area contributed by atoms with Gasteiger partial charge in [-0.1, -0.05) is 146 Å². The van der Waals surface area contributed by atoms with Gasteiger partial charge in [-0.15, -0.1) is 0 Å². The van der Waals surface area contributed by atoms with Crippen molar-refractivity contribution < 1.29 is 8.83 Å². The molecule has 0 aliphatic heterocycles. The molecule has 0 unspecified atom stereocenters. The Bertz CT molecular complexity index is 3920. The van der Waals surface area contributed by atoms with Crippen LogP contribution in [-0.2, 0) is 0 Å². The summed E-state index contributed by atoms with van der Waals surface area (Å²) in [6.45, 7) is 0. The Labute approximate surface area is 375 Å². The predicted molar refractivity (Wildman–Crippen MR) is 265 cm³/mol. The molecule has 0 saturated carbocycles. The van der Waals surface area contributed by atoms with Gasteiger partial charge in [-0.25, -0.2) is 9.97 Å². The average Bonchev–Trinajstić information content (AvgIpc) is 4.13. The van der Waals surface area contributed by atoms with Gasteiger partial charge in [-0.05, 0) is 102 Å². The van der Waals surface area contributed by atoms with Crippen molar-refractivity contribution in [3.63, 3.8) is 0 Å². The molecule has 8 nitrogen and oxygen atoms in total. The second-order valence-corrected chi connectivity index (χ2v) is 16.5. The van der Waals surface area contributed by atoms with Crippen LogP contribution in [-0.4, -0.2) is 19.1 Å². The zero-order valence-electron chi connectivity index (χ0n) is 35.1. The summed E-state index contributed by atoms with van der Waals surface area (Å²) in [6.07, 6.45) is 6.15. The van der Waals surface area contributed by atoms with Crippen LogP contribution < -0.4 is 10.9 Å². The van der Waals surface area contributed by atoms with Crippen LogP contribution in [0.5, 0.6) is 0 Å². The second kappa shape index (κ2) is 14.7. The molecule has 0 aliphatic rings. The summed E-state index contributed by atoms with van der Waals surface area (Å²) < 4.78 is 15.6. The largest absolute Gasteiger partial charge is 0.432 e. The number of nitrogens with zero attached hydrogens (tertiary/aromatic N) is 4. The molecule has 9 aromatic carbocycles. The van der Waals surface area contributed by atoms with E-state index in [2.05, 4.69) is 94.9 Å². The van der Waals surface area contributed by atoms with Crippen molar-refractivity contribution in [3.05, 3.63) is 227 Å². The van der Waals surface area contributed by atoms with E-state index in [4.69, 9.17) is 8.83 Å². The molecule has 0 fully saturated rings. The molecule has 4 aromatic heterocycles. The Morgan fingerprint density at radius 2 is 0.667 bits per heavy atom. The fraction of sp³-hybridized carbons (Fsp3) is 0. The Kier molecular flexibility index (Phi) is 8.35. The quantitative estimate of drug-likeness (QED) is 0.155. The van der Waals surface area contributed by atoms with Crippen LogP contribution in [0.2, 0.25) is 0 Å². The van der Waals surface area contributed by atoms with E-state index in [1.54, 1.807) is 24.5 Å². The molecule has 0 aliphatic carbocycles. The molecule has 0 amide bonds. The standard InChI is InChI=1S/C58H34N4O4/c63-55-47-31-37(41-23-21-39(35-11-3-1-4-12-35)43-15-7-9-17-45(41)43)19-25-51(47)61(57-59-27-29-65-57)53-34-50-54(33-49(53)55)62(58-60-28-30-66-58)52-26-20-38(32-48(52)56(50)64)42-24-22-40(36-13-5-2-6-14-36)44-16-8-10-18-46(42)44/h1-34H. The van der Waals surface area contributed by atoms with Gasteiger partial charge in [-0.3, -0.25) is 18.7 Å². The summed E-state index contributed by atoms with van der Waals surface area (Å²) >= 11 is 0. The fourth-order valence-corrected chi connectivity index (χ4v) is 9.93. The first kappa shape index (κ1) is 37.4. The molecule has 13 aromatic rings. The number of rotatable bonds is 6. The van der Waals surface area contributed by atoms with Crippen LogP contribution in [0.3, 0.4) is 0 Å². The summed E-state index contributed by atoms with van der Waals surface area (Å²) in [5.74, 6) is 0. The van der Waals surface area contributed by atoms with Gasteiger partial charge in [0.05, 0.1) is 34.5 Å². The number of fused-ring (bicyclic) bond motifs is 6. The van der Waals surface area contributed by atoms with Crippen molar-refractivity contribution in [1.29, 1.82) is 0 Å². The molecule has 0 N–H and O–H groups in total. The molecule has 8 heteroatoms. The molecule has 0 spiro atoms. The van der Waals surface area contributed by atoms with Gasteiger partial charge in [-0.2, -0.15) is 0 Å². The lowest BCUT2D eigenvalue weighted by atomic mass is 9.91. The SMILES string of the molecule is O=c1c2cc(-c3ccc(-c4ccccc4)c4ccccc34)ccc2n(-c2ncco2)c2cc3c(=O)c4cc(-c5ccc(-c6ccccc6)c6ccccc56)ccc4n(-c4ncco4)c3cc12. The van der Waals surface area contributed by atoms with Crippen molar-refractivity contribution in [3.8, 4) is 56.5 Å². The normalized spacial score (nSPS) is 11.8. The van der Waals surface area contributed by atoms with Gasteiger partial charge < -0.3 is 8.83 Å². The Morgan fingerprint density at radius 1 is 0.318 bits per heavy atom. The van der Waals surface area contributed by atoms with Gasteiger partial charge in [0.25, 0.3) is 0 Å². The average molecular weight is 851 g/mol. The van der Waals surface area contributed by atoms with Gasteiger partial charge in [0.1, 0.15) is 12.5 Å². The number of hydrogen-bond donors (Lipinski definition) is 0. The summed E-state index contributed by atoms with van der Waals surface area (Å²) in [4.78, 5) is 39.4. The minimum Gasteiger partial charge on any atom is -0.432 e. The molecule has 13 rings (SSSR count). The Hall–Kier alpha value is -9.14. The predicted octanol–water partition coefficient (Wildman–Crippen LogP) is 13.6. The van der Waals surface area contributed by atoms with Crippen LogP contribution >= 0.6 is 0 Å². The van der Waals surface area contributed by atoms with Crippen LogP contribution in [0.4, 0.5) is 0 Å². The number of aromatic nitrogens is 4. The minimum atomic E-state index is -0.204. The maximum atomic E-state index is 15.1. The first-order valence-electron chi connectivity index (χ1n) is 21.7. The van der Waals surface area contributed by atoms with E-state index >= 15 is 9.59 Å². The number of pyridine rings is 2. The van der Waals surface area contributed by atoms with Crippen LogP contribution in [0.1, 0.15) is 0 Å². The molecular formula is C58H34N4O4. The smallest absolute Gasteiger partial charge is 0.306 e. The highest BCUT2D eigenvalue weighted by Crippen LogP contribution is 2.39. The van der Waals surface area contributed by atoms with Crippen molar-refractivity contribution in [2.45, 2.75) is 0 Å². The lowest BCUT2D eigenvalue weighted by Gasteiger charge is -2.17. The monoisotopic (exact) mass is 850 g/mol. The van der Waals surface area contributed by atoms with E-state index in [9.17, 15) is 0 Å². The fourth-order valence-electron chi connectivity index (χ4n) is 9.93. The Morgan fingerprint density at radius 3 is 1.03 bits per heavy atom. The van der Waals surface area contributed by atoms with E-state index in [0.717, 1.165) is 66.1 Å². The summed E-state index contributed by atoms with van der Waals surface area (Å²) in [5.41, 5.74) is 10.0. The highest BCUT2D eigenvalue weighted by molar-refractivity contribution is 6.10. The number of oxazole rings is 2. The third kappa shape index (κ3) is 5.72. The Balaban J connectivity index is 1.06. The van der Waals surface area contributed by atoms with Gasteiger partial charge in [0.15, 0.2) is 10.9 Å². The van der Waals surface area contributed by atoms with Crippen molar-refractivity contribution in [2.75, 3.05) is 0 Å². The second-order valence-electron chi connectivity index (χ2n) is 16.5. The van der Waals surface area contributed by atoms with Gasteiger partial charge in [0.2, 0.25) is 0 Å². The topological polar surface area (TPSA) is 96.1 Å². The first-order chi connectivity index (χ1) is 32.6. The summed E-state index contributed by atoms with van der Waals surface area (Å²) in [6, 6.07) is 61.8. The van der Waals surface area contributed by atoms with Crippen molar-refractivity contribution >= 4 is 65.2 Å². The first-order valence-corrected chi connectivity index (χ1v) is 21.7. The van der Waals surface area contributed by atoms with Gasteiger partial charge in [0, 0.05) is 21.5 Å². The molecule has 310 valence electrons. The molecule has 0 radical (unpaired) electrons. The van der Waals surface area contributed by atoms with Crippen molar-refractivity contribution in [1.82, 2.24) is 19.1 Å². The van der Waals surface area contributed by atoms with Crippen LogP contribution in [0.15, 0.2) is 225 Å². The maximum Gasteiger partial charge on any atom is 0.306 e. The molecule has 66 heavy (non-hydrogen) atoms. The lowest BCUT2D eigenvalue weighted by Crippen LogP contribution is -2.15. The van der Waals surface area contributed by atoms with Gasteiger partial charge >= 0.3 is 12.0 Å². The summed E-state index contributed by atoms with van der Waals surface area (Å²) in [5, 5.41) is 6.04. The van der Waals surface area contributed by atoms with Crippen molar-refractivity contribution in [2.24, 2.45) is 0 Å². The van der Waals surface area contributed by atoms with E-state index in [0.29, 0.717) is 43.6 Å². The lowest BCUT2D eigenvalue weighted by molar-refractivity contribution is 0.534. The van der Waals surface area contributed by atoms with E-state index in [1.807, 2.05) is 94.1 Å². The number of hydrogen-bond acceptors (Lipinski definition) is 6. The zero-order chi connectivity index (χ0) is 43.9. The molecule has 4 heterocycles. The van der Waals surface area contributed by atoms with E-state index < -0.39 is 0 Å². The van der Waals surface area contributed by atoms with Crippen LogP contribution in [0.25, 0.3) is 122 Å². The molecule has 0 bridgehead atoms. The number of benzene rings is 9. The van der Waals surface area contributed by atoms with E-state index in [-0.39, 0.29) is 22.9 Å². The zero-order valence-corrected chi connectivity index (χ0v) is 35.1. The maximum absolute atomic E-state index is 15.1. The molecular weight excluding hydrogens is 817 g/mol. The highest BCUT2D eigenvalue weighted by atomic mass is 16.4. The molecule has 0 atom stereocenters. The summed E-state index contributed by atoms with van der Waals surface area (Å²) in [7, 11) is 0. The highest BCUT2D eigenvalue weighted by Gasteiger charge is 2.22. The third-order valence-corrected chi connectivity index (χ3v) is 12.9. The molecule has 0 saturated heterocycles. The van der Waals surface area contributed by atoms with E-state index in [1.165, 1.54) is 12.5 Å². The minimum absolute atomic E-state index is 0.204. The third-order valence-electron chi connectivity index (χ3n) is 12.9.